The molecule has 0 spiro atoms. The summed E-state index contributed by atoms with van der Waals surface area (Å²) in [4.78, 5) is 4.52. The van der Waals surface area contributed by atoms with Gasteiger partial charge in [-0.1, -0.05) is 51.1 Å². The third kappa shape index (κ3) is 3.31. The number of hydrogen-bond acceptors (Lipinski definition) is 4. The second-order valence-corrected chi connectivity index (χ2v) is 5.80. The Kier molecular flexibility index (Phi) is 4.75. The molecule has 0 aliphatic heterocycles. The summed E-state index contributed by atoms with van der Waals surface area (Å²) in [6.07, 6.45) is 9.00. The Morgan fingerprint density at radius 1 is 1.11 bits per heavy atom. The van der Waals surface area contributed by atoms with Crippen LogP contribution in [-0.2, 0) is 0 Å². The Labute approximate surface area is 109 Å². The van der Waals surface area contributed by atoms with Crippen molar-refractivity contribution in [1.82, 2.24) is 10.1 Å². The summed E-state index contributed by atoms with van der Waals surface area (Å²) >= 11 is 0. The molecule has 1 atom stereocenters. The first-order valence-electron chi connectivity index (χ1n) is 7.27. The molecule has 1 aliphatic carbocycles. The molecule has 1 fully saturated rings. The minimum atomic E-state index is -0.139. The second kappa shape index (κ2) is 6.32. The van der Waals surface area contributed by atoms with Gasteiger partial charge in [0.1, 0.15) is 0 Å². The van der Waals surface area contributed by atoms with E-state index in [1.165, 1.54) is 44.9 Å². The third-order valence-electron chi connectivity index (χ3n) is 3.93. The highest BCUT2D eigenvalue weighted by Gasteiger charge is 2.22. The molecule has 18 heavy (non-hydrogen) atoms. The van der Waals surface area contributed by atoms with E-state index in [-0.39, 0.29) is 6.04 Å². The van der Waals surface area contributed by atoms with E-state index in [0.29, 0.717) is 17.7 Å². The van der Waals surface area contributed by atoms with Gasteiger partial charge in [0.2, 0.25) is 5.89 Å². The molecule has 0 bridgehead atoms. The maximum Gasteiger partial charge on any atom is 0.243 e. The zero-order valence-electron chi connectivity index (χ0n) is 11.6. The number of aromatic nitrogens is 2. The van der Waals surface area contributed by atoms with Crippen LogP contribution in [0.5, 0.6) is 0 Å². The largest absolute Gasteiger partial charge is 0.338 e. The zero-order valence-corrected chi connectivity index (χ0v) is 11.6. The molecule has 4 nitrogen and oxygen atoms in total. The highest BCUT2D eigenvalue weighted by atomic mass is 16.5. The van der Waals surface area contributed by atoms with Crippen LogP contribution >= 0.6 is 0 Å². The van der Waals surface area contributed by atoms with E-state index in [2.05, 4.69) is 24.0 Å². The van der Waals surface area contributed by atoms with Crippen LogP contribution < -0.4 is 5.73 Å². The van der Waals surface area contributed by atoms with Gasteiger partial charge in [-0.2, -0.15) is 4.98 Å². The minimum absolute atomic E-state index is 0.139. The van der Waals surface area contributed by atoms with E-state index in [0.717, 1.165) is 5.82 Å². The molecule has 1 heterocycles. The van der Waals surface area contributed by atoms with Gasteiger partial charge in [-0.25, -0.2) is 0 Å². The lowest BCUT2D eigenvalue weighted by atomic mass is 9.91. The fraction of sp³-hybridized carbons (Fsp3) is 0.857. The molecular formula is C14H25N3O. The Hall–Kier alpha value is -0.900. The van der Waals surface area contributed by atoms with Crippen LogP contribution in [-0.4, -0.2) is 10.1 Å². The highest BCUT2D eigenvalue weighted by molar-refractivity contribution is 4.99. The molecular weight excluding hydrogens is 226 g/mol. The molecule has 0 saturated heterocycles. The van der Waals surface area contributed by atoms with Crippen molar-refractivity contribution >= 4 is 0 Å². The van der Waals surface area contributed by atoms with E-state index >= 15 is 0 Å². The van der Waals surface area contributed by atoms with E-state index in [9.17, 15) is 0 Å². The molecule has 4 heteroatoms. The van der Waals surface area contributed by atoms with Crippen molar-refractivity contribution in [1.29, 1.82) is 0 Å². The Balaban J connectivity index is 2.03. The van der Waals surface area contributed by atoms with Crippen LogP contribution in [0.4, 0.5) is 0 Å². The second-order valence-electron chi connectivity index (χ2n) is 5.80. The molecule has 1 aliphatic rings. The first kappa shape index (κ1) is 13.5. The summed E-state index contributed by atoms with van der Waals surface area (Å²) in [5.41, 5.74) is 6.04. The predicted molar refractivity (Wildman–Crippen MR) is 71.1 cm³/mol. The molecule has 1 aromatic heterocycles. The van der Waals surface area contributed by atoms with Crippen molar-refractivity contribution < 1.29 is 4.52 Å². The number of hydrogen-bond donors (Lipinski definition) is 1. The summed E-state index contributed by atoms with van der Waals surface area (Å²) < 4.78 is 5.33. The SMILES string of the molecule is CC(C)[C@H](N)c1nc(C2CCCCCCC2)no1. The number of nitrogens with zero attached hydrogens (tertiary/aromatic N) is 2. The molecule has 0 unspecified atom stereocenters. The molecule has 0 amide bonds. The van der Waals surface area contributed by atoms with Crippen molar-refractivity contribution in [2.45, 2.75) is 70.8 Å². The van der Waals surface area contributed by atoms with Crippen LogP contribution in [0.25, 0.3) is 0 Å². The monoisotopic (exact) mass is 251 g/mol. The van der Waals surface area contributed by atoms with Crippen molar-refractivity contribution in [3.05, 3.63) is 11.7 Å². The number of rotatable bonds is 3. The van der Waals surface area contributed by atoms with Crippen LogP contribution in [0.3, 0.4) is 0 Å². The van der Waals surface area contributed by atoms with Gasteiger partial charge in [-0.3, -0.25) is 0 Å². The standard InChI is InChI=1S/C14H25N3O/c1-10(2)12(15)14-16-13(17-18-14)11-8-6-4-3-5-7-9-11/h10-12H,3-9,15H2,1-2H3/t12-/m0/s1. The Morgan fingerprint density at radius 2 is 1.72 bits per heavy atom. The van der Waals surface area contributed by atoms with Crippen LogP contribution in [0.15, 0.2) is 4.52 Å². The lowest BCUT2D eigenvalue weighted by Gasteiger charge is -2.16. The third-order valence-corrected chi connectivity index (χ3v) is 3.93. The van der Waals surface area contributed by atoms with Gasteiger partial charge >= 0.3 is 0 Å². The van der Waals surface area contributed by atoms with Crippen LogP contribution in [0.2, 0.25) is 0 Å². The van der Waals surface area contributed by atoms with Crippen LogP contribution in [0, 0.1) is 5.92 Å². The number of nitrogens with two attached hydrogens (primary N) is 1. The van der Waals surface area contributed by atoms with Gasteiger partial charge in [0.25, 0.3) is 0 Å². The molecule has 0 radical (unpaired) electrons. The minimum Gasteiger partial charge on any atom is -0.338 e. The molecule has 2 rings (SSSR count). The van der Waals surface area contributed by atoms with Gasteiger partial charge in [0.05, 0.1) is 6.04 Å². The van der Waals surface area contributed by atoms with E-state index < -0.39 is 0 Å². The normalized spacial score (nSPS) is 20.7. The molecule has 0 aromatic carbocycles. The lowest BCUT2D eigenvalue weighted by molar-refractivity contribution is 0.318. The predicted octanol–water partition coefficient (Wildman–Crippen LogP) is 3.55. The molecule has 1 aromatic rings. The van der Waals surface area contributed by atoms with E-state index in [1.54, 1.807) is 0 Å². The maximum absolute atomic E-state index is 6.04. The molecule has 1 saturated carbocycles. The fourth-order valence-corrected chi connectivity index (χ4v) is 2.55. The zero-order chi connectivity index (χ0) is 13.0. The van der Waals surface area contributed by atoms with Gasteiger partial charge in [0.15, 0.2) is 5.82 Å². The summed E-state index contributed by atoms with van der Waals surface area (Å²) in [5, 5.41) is 4.15. The maximum atomic E-state index is 6.04. The van der Waals surface area contributed by atoms with Gasteiger partial charge < -0.3 is 10.3 Å². The highest BCUT2D eigenvalue weighted by Crippen LogP contribution is 2.30. The fourth-order valence-electron chi connectivity index (χ4n) is 2.55. The lowest BCUT2D eigenvalue weighted by Crippen LogP contribution is -2.17. The average Bonchev–Trinajstić information content (AvgIpc) is 2.76. The summed E-state index contributed by atoms with van der Waals surface area (Å²) in [6, 6.07) is -0.139. The first-order valence-corrected chi connectivity index (χ1v) is 7.27. The molecule has 2 N–H and O–H groups in total. The summed E-state index contributed by atoms with van der Waals surface area (Å²) in [5.74, 6) is 2.28. The molecule has 102 valence electrons. The topological polar surface area (TPSA) is 64.9 Å². The average molecular weight is 251 g/mol. The van der Waals surface area contributed by atoms with E-state index in [4.69, 9.17) is 10.3 Å². The van der Waals surface area contributed by atoms with Crippen LogP contribution in [0.1, 0.15) is 82.5 Å². The van der Waals surface area contributed by atoms with Crippen molar-refractivity contribution in [3.8, 4) is 0 Å². The Bertz CT molecular complexity index is 354. The van der Waals surface area contributed by atoms with Gasteiger partial charge in [-0.05, 0) is 18.8 Å². The summed E-state index contributed by atoms with van der Waals surface area (Å²) in [7, 11) is 0. The van der Waals surface area contributed by atoms with Crippen molar-refractivity contribution in [3.63, 3.8) is 0 Å². The van der Waals surface area contributed by atoms with Crippen molar-refractivity contribution in [2.24, 2.45) is 11.7 Å². The summed E-state index contributed by atoms with van der Waals surface area (Å²) in [6.45, 7) is 4.15. The quantitative estimate of drug-likeness (QED) is 0.892. The van der Waals surface area contributed by atoms with Gasteiger partial charge in [0, 0.05) is 5.92 Å². The Morgan fingerprint density at radius 3 is 2.33 bits per heavy atom. The first-order chi connectivity index (χ1) is 8.68. The van der Waals surface area contributed by atoms with Gasteiger partial charge in [-0.15, -0.1) is 0 Å². The smallest absolute Gasteiger partial charge is 0.243 e. The van der Waals surface area contributed by atoms with E-state index in [1.807, 2.05) is 0 Å². The van der Waals surface area contributed by atoms with Crippen molar-refractivity contribution in [2.75, 3.05) is 0 Å².